The lowest BCUT2D eigenvalue weighted by Crippen LogP contribution is -2.35. The van der Waals surface area contributed by atoms with Crippen LogP contribution in [0.1, 0.15) is 26.3 Å². The average Bonchev–Trinajstić information content (AvgIpc) is 2.20. The molecule has 94 valence electrons. The second-order valence-electron chi connectivity index (χ2n) is 5.20. The second-order valence-corrected chi connectivity index (χ2v) is 5.61. The van der Waals surface area contributed by atoms with Crippen molar-refractivity contribution in [3.8, 4) is 0 Å². The summed E-state index contributed by atoms with van der Waals surface area (Å²) in [4.78, 5) is 13.6. The first-order chi connectivity index (χ1) is 7.83. The normalized spacial score (nSPS) is 11.9. The summed E-state index contributed by atoms with van der Waals surface area (Å²) in [7, 11) is 2.01. The first-order valence-corrected chi connectivity index (χ1v) is 6.14. The Morgan fingerprint density at radius 2 is 1.94 bits per heavy atom. The van der Waals surface area contributed by atoms with Crippen molar-refractivity contribution in [1.29, 1.82) is 0 Å². The van der Waals surface area contributed by atoms with Gasteiger partial charge in [0.1, 0.15) is 5.78 Å². The highest BCUT2D eigenvalue weighted by atomic mass is 35.5. The number of ketones is 1. The number of rotatable bonds is 5. The summed E-state index contributed by atoms with van der Waals surface area (Å²) in [5.41, 5.74) is 0.784. The zero-order chi connectivity index (χ0) is 13.1. The number of nitrogens with zero attached hydrogens (tertiary/aromatic N) is 1. The van der Waals surface area contributed by atoms with Crippen LogP contribution in [-0.4, -0.2) is 24.3 Å². The van der Waals surface area contributed by atoms with E-state index in [4.69, 9.17) is 11.6 Å². The zero-order valence-electron chi connectivity index (χ0n) is 11.0. The molecule has 0 unspecified atom stereocenters. The number of carbonyl (C=O) groups is 1. The second kappa shape index (κ2) is 5.65. The van der Waals surface area contributed by atoms with Crippen molar-refractivity contribution in [3.05, 3.63) is 34.9 Å². The molecule has 0 aliphatic rings. The van der Waals surface area contributed by atoms with E-state index in [1.165, 1.54) is 0 Å². The molecule has 0 bridgehead atoms. The summed E-state index contributed by atoms with van der Waals surface area (Å²) in [6, 6.07) is 7.80. The van der Waals surface area contributed by atoms with E-state index in [0.29, 0.717) is 0 Å². The molecule has 17 heavy (non-hydrogen) atoms. The molecule has 0 fully saturated rings. The van der Waals surface area contributed by atoms with Crippen LogP contribution in [0.25, 0.3) is 0 Å². The average molecular weight is 254 g/mol. The van der Waals surface area contributed by atoms with Gasteiger partial charge < -0.3 is 4.90 Å². The number of carbonyl (C=O) groups excluding carboxylic acids is 1. The van der Waals surface area contributed by atoms with Gasteiger partial charge in [-0.2, -0.15) is 0 Å². The molecule has 0 atom stereocenters. The third-order valence-corrected chi connectivity index (χ3v) is 3.39. The van der Waals surface area contributed by atoms with Gasteiger partial charge in [-0.3, -0.25) is 4.79 Å². The number of hydrogen-bond acceptors (Lipinski definition) is 2. The Morgan fingerprint density at radius 3 is 2.47 bits per heavy atom. The van der Waals surface area contributed by atoms with Crippen molar-refractivity contribution in [2.75, 3.05) is 13.6 Å². The molecule has 3 heteroatoms. The molecular weight excluding hydrogens is 234 g/mol. The highest BCUT2D eigenvalue weighted by molar-refractivity contribution is 6.31. The van der Waals surface area contributed by atoms with Crippen LogP contribution in [-0.2, 0) is 11.3 Å². The van der Waals surface area contributed by atoms with Gasteiger partial charge in [0, 0.05) is 23.5 Å². The van der Waals surface area contributed by atoms with Gasteiger partial charge in [0.05, 0.1) is 0 Å². The van der Waals surface area contributed by atoms with Crippen LogP contribution < -0.4 is 0 Å². The van der Waals surface area contributed by atoms with Crippen LogP contribution in [0, 0.1) is 5.41 Å². The summed E-state index contributed by atoms with van der Waals surface area (Å²) in [6.07, 6.45) is 0. The SMILES string of the molecule is CC(=O)C(C)(C)CN(C)Cc1ccccc1Cl. The van der Waals surface area contributed by atoms with E-state index in [2.05, 4.69) is 4.90 Å². The zero-order valence-corrected chi connectivity index (χ0v) is 11.7. The van der Waals surface area contributed by atoms with Gasteiger partial charge in [0.2, 0.25) is 0 Å². The van der Waals surface area contributed by atoms with Crippen LogP contribution in [0.4, 0.5) is 0 Å². The van der Waals surface area contributed by atoms with E-state index in [1.54, 1.807) is 6.92 Å². The Balaban J connectivity index is 2.65. The lowest BCUT2D eigenvalue weighted by molar-refractivity contribution is -0.125. The Morgan fingerprint density at radius 1 is 1.35 bits per heavy atom. The van der Waals surface area contributed by atoms with E-state index < -0.39 is 0 Å². The number of Topliss-reactive ketones (excluding diaryl/α,β-unsaturated/α-hetero) is 1. The van der Waals surface area contributed by atoms with E-state index in [1.807, 2.05) is 45.2 Å². The molecule has 1 aromatic rings. The number of halogens is 1. The quantitative estimate of drug-likeness (QED) is 0.802. The van der Waals surface area contributed by atoms with Gasteiger partial charge in [-0.05, 0) is 25.6 Å². The first-order valence-electron chi connectivity index (χ1n) is 5.76. The van der Waals surface area contributed by atoms with Crippen molar-refractivity contribution in [3.63, 3.8) is 0 Å². The minimum Gasteiger partial charge on any atom is -0.301 e. The fourth-order valence-corrected chi connectivity index (χ4v) is 1.95. The van der Waals surface area contributed by atoms with Gasteiger partial charge in [0.15, 0.2) is 0 Å². The third-order valence-electron chi connectivity index (χ3n) is 3.02. The van der Waals surface area contributed by atoms with E-state index >= 15 is 0 Å². The molecule has 0 aliphatic heterocycles. The maximum absolute atomic E-state index is 11.5. The third kappa shape index (κ3) is 4.14. The van der Waals surface area contributed by atoms with Gasteiger partial charge in [-0.25, -0.2) is 0 Å². The molecule has 0 saturated heterocycles. The first kappa shape index (κ1) is 14.2. The Kier molecular flexibility index (Phi) is 4.72. The smallest absolute Gasteiger partial charge is 0.136 e. The van der Waals surface area contributed by atoms with Crippen LogP contribution in [0.2, 0.25) is 5.02 Å². The lowest BCUT2D eigenvalue weighted by atomic mass is 9.88. The molecule has 1 rings (SSSR count). The number of hydrogen-bond donors (Lipinski definition) is 0. The van der Waals surface area contributed by atoms with Crippen molar-refractivity contribution in [2.24, 2.45) is 5.41 Å². The lowest BCUT2D eigenvalue weighted by Gasteiger charge is -2.28. The van der Waals surface area contributed by atoms with Gasteiger partial charge >= 0.3 is 0 Å². The summed E-state index contributed by atoms with van der Waals surface area (Å²) < 4.78 is 0. The molecule has 1 aromatic carbocycles. The number of benzene rings is 1. The summed E-state index contributed by atoms with van der Waals surface area (Å²) in [6.45, 7) is 7.07. The summed E-state index contributed by atoms with van der Waals surface area (Å²) in [5.74, 6) is 0.212. The van der Waals surface area contributed by atoms with E-state index in [9.17, 15) is 4.79 Å². The van der Waals surface area contributed by atoms with Crippen molar-refractivity contribution >= 4 is 17.4 Å². The standard InChI is InChI=1S/C14H20ClNO/c1-11(17)14(2,3)10-16(4)9-12-7-5-6-8-13(12)15/h5-8H,9-10H2,1-4H3. The molecule has 0 heterocycles. The van der Waals surface area contributed by atoms with Gasteiger partial charge in [-0.15, -0.1) is 0 Å². The Labute approximate surface area is 109 Å². The minimum atomic E-state index is -0.310. The van der Waals surface area contributed by atoms with Crippen LogP contribution >= 0.6 is 11.6 Å². The highest BCUT2D eigenvalue weighted by Gasteiger charge is 2.25. The van der Waals surface area contributed by atoms with Gasteiger partial charge in [0.25, 0.3) is 0 Å². The van der Waals surface area contributed by atoms with Crippen LogP contribution in [0.3, 0.4) is 0 Å². The molecule has 0 aliphatic carbocycles. The molecule has 0 N–H and O–H groups in total. The van der Waals surface area contributed by atoms with E-state index in [0.717, 1.165) is 23.7 Å². The van der Waals surface area contributed by atoms with Crippen molar-refractivity contribution < 1.29 is 4.79 Å². The molecule has 0 spiro atoms. The minimum absolute atomic E-state index is 0.212. The molecule has 0 aromatic heterocycles. The maximum Gasteiger partial charge on any atom is 0.136 e. The van der Waals surface area contributed by atoms with Crippen LogP contribution in [0.5, 0.6) is 0 Å². The largest absolute Gasteiger partial charge is 0.301 e. The molecule has 2 nitrogen and oxygen atoms in total. The molecule has 0 saturated carbocycles. The van der Waals surface area contributed by atoms with Crippen molar-refractivity contribution in [2.45, 2.75) is 27.3 Å². The monoisotopic (exact) mass is 253 g/mol. The topological polar surface area (TPSA) is 20.3 Å². The maximum atomic E-state index is 11.5. The Bertz CT molecular complexity index is 401. The molecule has 0 radical (unpaired) electrons. The molecular formula is C14H20ClNO. The van der Waals surface area contributed by atoms with Crippen LogP contribution in [0.15, 0.2) is 24.3 Å². The Hall–Kier alpha value is -0.860. The predicted octanol–water partition coefficient (Wildman–Crippen LogP) is 3.39. The van der Waals surface area contributed by atoms with Gasteiger partial charge in [-0.1, -0.05) is 43.6 Å². The highest BCUT2D eigenvalue weighted by Crippen LogP contribution is 2.21. The fourth-order valence-electron chi connectivity index (χ4n) is 1.76. The van der Waals surface area contributed by atoms with Crippen molar-refractivity contribution in [1.82, 2.24) is 4.90 Å². The van der Waals surface area contributed by atoms with E-state index in [-0.39, 0.29) is 11.2 Å². The fraction of sp³-hybridized carbons (Fsp3) is 0.500. The summed E-state index contributed by atoms with van der Waals surface area (Å²) in [5, 5.41) is 0.778. The predicted molar refractivity (Wildman–Crippen MR) is 72.2 cm³/mol. The summed E-state index contributed by atoms with van der Waals surface area (Å²) >= 11 is 6.11. The molecule has 0 amide bonds.